The zero-order valence-electron chi connectivity index (χ0n) is 17.5. The van der Waals surface area contributed by atoms with Crippen LogP contribution in [-0.4, -0.2) is 51.4 Å². The molecule has 6 nitrogen and oxygen atoms in total. The summed E-state index contributed by atoms with van der Waals surface area (Å²) in [6, 6.07) is 13.8. The second-order valence-electron chi connectivity index (χ2n) is 8.21. The third kappa shape index (κ3) is 5.22. The molecule has 2 saturated heterocycles. The molecule has 0 unspecified atom stereocenters. The summed E-state index contributed by atoms with van der Waals surface area (Å²) in [4.78, 5) is 17.5. The highest BCUT2D eigenvalue weighted by Crippen LogP contribution is 2.27. The Balaban J connectivity index is 1.41. The van der Waals surface area contributed by atoms with Gasteiger partial charge in [0.15, 0.2) is 0 Å². The van der Waals surface area contributed by atoms with Crippen molar-refractivity contribution in [2.75, 3.05) is 31.1 Å². The van der Waals surface area contributed by atoms with E-state index < -0.39 is 10.0 Å². The average Bonchev–Trinajstić information content (AvgIpc) is 2.80. The third-order valence-electron chi connectivity index (χ3n) is 6.06. The van der Waals surface area contributed by atoms with E-state index in [0.29, 0.717) is 31.0 Å². The summed E-state index contributed by atoms with van der Waals surface area (Å²) in [5, 5.41) is 0.505. The summed E-state index contributed by atoms with van der Waals surface area (Å²) < 4.78 is 28.1. The first-order valence-corrected chi connectivity index (χ1v) is 12.7. The van der Waals surface area contributed by atoms with Crippen LogP contribution in [0.2, 0.25) is 5.02 Å². The molecule has 2 aromatic rings. The molecule has 2 fully saturated rings. The zero-order chi connectivity index (χ0) is 21.8. The van der Waals surface area contributed by atoms with Gasteiger partial charge in [-0.15, -0.1) is 0 Å². The second-order valence-corrected chi connectivity index (χ2v) is 10.4. The first-order chi connectivity index (χ1) is 14.9. The van der Waals surface area contributed by atoms with Crippen LogP contribution in [0.3, 0.4) is 0 Å². The number of hydrogen-bond acceptors (Lipinski definition) is 4. The van der Waals surface area contributed by atoms with Crippen molar-refractivity contribution >= 4 is 33.2 Å². The maximum atomic E-state index is 13.1. The molecule has 0 bridgehead atoms. The van der Waals surface area contributed by atoms with Crippen LogP contribution in [0, 0.1) is 0 Å². The van der Waals surface area contributed by atoms with Crippen LogP contribution in [0.4, 0.5) is 5.69 Å². The number of anilines is 1. The quantitative estimate of drug-likeness (QED) is 0.732. The maximum absolute atomic E-state index is 13.1. The minimum absolute atomic E-state index is 0.0980. The fraction of sp³-hybridized carbons (Fsp3) is 0.435. The van der Waals surface area contributed by atoms with Gasteiger partial charge in [-0.3, -0.25) is 4.79 Å². The van der Waals surface area contributed by atoms with E-state index in [9.17, 15) is 13.2 Å². The molecule has 2 aliphatic heterocycles. The molecular weight excluding hydrogens is 434 g/mol. The number of hydrogen-bond donors (Lipinski definition) is 1. The Hall–Kier alpha value is -2.09. The summed E-state index contributed by atoms with van der Waals surface area (Å²) in [6.07, 6.45) is 4.67. The van der Waals surface area contributed by atoms with E-state index in [1.807, 2.05) is 29.2 Å². The van der Waals surface area contributed by atoms with Crippen molar-refractivity contribution in [2.45, 2.75) is 43.0 Å². The van der Waals surface area contributed by atoms with Gasteiger partial charge in [0.25, 0.3) is 5.91 Å². The number of piperidine rings is 2. The summed E-state index contributed by atoms with van der Waals surface area (Å²) in [5.41, 5.74) is 1.68. The van der Waals surface area contributed by atoms with Gasteiger partial charge in [-0.25, -0.2) is 13.1 Å². The van der Waals surface area contributed by atoms with Crippen molar-refractivity contribution in [2.24, 2.45) is 0 Å². The molecule has 0 radical (unpaired) electrons. The summed E-state index contributed by atoms with van der Waals surface area (Å²) in [6.45, 7) is 3.03. The number of amides is 1. The number of carbonyl (C=O) groups is 1. The molecule has 166 valence electrons. The van der Waals surface area contributed by atoms with E-state index in [-0.39, 0.29) is 16.8 Å². The number of likely N-dealkylation sites (tertiary alicyclic amines) is 1. The summed E-state index contributed by atoms with van der Waals surface area (Å²) in [5.74, 6) is 0.0980. The lowest BCUT2D eigenvalue weighted by atomic mass is 10.0. The van der Waals surface area contributed by atoms with E-state index in [1.54, 1.807) is 12.1 Å². The number of nitrogens with one attached hydrogen (secondary N) is 1. The van der Waals surface area contributed by atoms with E-state index >= 15 is 0 Å². The molecular formula is C23H28ClN3O3S. The number of halogens is 1. The standard InChI is InChI=1S/C23H28ClN3O3S/c24-18-8-10-20(11-9-18)31(29,30)25-19-12-16-26(17-13-19)22-7-3-2-6-21(22)23(28)27-14-4-1-5-15-27/h2-3,6-11,19,25H,1,4-5,12-17H2. The monoisotopic (exact) mass is 461 g/mol. The van der Waals surface area contributed by atoms with Gasteiger partial charge in [-0.1, -0.05) is 23.7 Å². The first kappa shape index (κ1) is 22.1. The molecule has 2 aromatic carbocycles. The Kier molecular flexibility index (Phi) is 6.84. The third-order valence-corrected chi connectivity index (χ3v) is 7.85. The highest BCUT2D eigenvalue weighted by Gasteiger charge is 2.28. The van der Waals surface area contributed by atoms with Gasteiger partial charge in [0, 0.05) is 42.9 Å². The van der Waals surface area contributed by atoms with Gasteiger partial charge in [-0.2, -0.15) is 0 Å². The van der Waals surface area contributed by atoms with Crippen LogP contribution in [0.5, 0.6) is 0 Å². The molecule has 8 heteroatoms. The highest BCUT2D eigenvalue weighted by molar-refractivity contribution is 7.89. The minimum atomic E-state index is -3.58. The SMILES string of the molecule is O=C(c1ccccc1N1CCC(NS(=O)(=O)c2ccc(Cl)cc2)CC1)N1CCCCC1. The molecule has 4 rings (SSSR count). The number of para-hydroxylation sites is 1. The number of rotatable bonds is 5. The van der Waals surface area contributed by atoms with Crippen molar-refractivity contribution in [3.05, 3.63) is 59.1 Å². The highest BCUT2D eigenvalue weighted by atomic mass is 35.5. The lowest BCUT2D eigenvalue weighted by Gasteiger charge is -2.35. The van der Waals surface area contributed by atoms with Gasteiger partial charge in [0.1, 0.15) is 0 Å². The first-order valence-electron chi connectivity index (χ1n) is 10.9. The van der Waals surface area contributed by atoms with Crippen molar-refractivity contribution in [1.29, 1.82) is 0 Å². The number of sulfonamides is 1. The molecule has 2 heterocycles. The Morgan fingerprint density at radius 1 is 0.903 bits per heavy atom. The van der Waals surface area contributed by atoms with Crippen LogP contribution in [0.25, 0.3) is 0 Å². The van der Waals surface area contributed by atoms with Gasteiger partial charge in [-0.05, 0) is 68.5 Å². The molecule has 0 aliphatic carbocycles. The lowest BCUT2D eigenvalue weighted by Crippen LogP contribution is -2.45. The molecule has 1 amide bonds. The Morgan fingerprint density at radius 2 is 1.55 bits per heavy atom. The van der Waals surface area contributed by atoms with Crippen molar-refractivity contribution in [3.63, 3.8) is 0 Å². The fourth-order valence-electron chi connectivity index (χ4n) is 4.34. The molecule has 0 spiro atoms. The van der Waals surface area contributed by atoms with Crippen LogP contribution in [0.15, 0.2) is 53.4 Å². The fourth-order valence-corrected chi connectivity index (χ4v) is 5.77. The van der Waals surface area contributed by atoms with E-state index in [0.717, 1.165) is 37.2 Å². The number of carbonyl (C=O) groups excluding carboxylic acids is 1. The molecule has 1 N–H and O–H groups in total. The van der Waals surface area contributed by atoms with E-state index in [2.05, 4.69) is 9.62 Å². The van der Waals surface area contributed by atoms with Gasteiger partial charge >= 0.3 is 0 Å². The smallest absolute Gasteiger partial charge is 0.255 e. The molecule has 31 heavy (non-hydrogen) atoms. The van der Waals surface area contributed by atoms with Crippen LogP contribution in [-0.2, 0) is 10.0 Å². The van der Waals surface area contributed by atoms with Crippen molar-refractivity contribution in [3.8, 4) is 0 Å². The van der Waals surface area contributed by atoms with Crippen LogP contribution in [0.1, 0.15) is 42.5 Å². The Labute approximate surface area is 189 Å². The predicted octanol–water partition coefficient (Wildman–Crippen LogP) is 3.91. The summed E-state index contributed by atoms with van der Waals surface area (Å²) >= 11 is 5.86. The predicted molar refractivity (Wildman–Crippen MR) is 123 cm³/mol. The maximum Gasteiger partial charge on any atom is 0.255 e. The van der Waals surface area contributed by atoms with Gasteiger partial charge < -0.3 is 9.80 Å². The van der Waals surface area contributed by atoms with Crippen molar-refractivity contribution in [1.82, 2.24) is 9.62 Å². The Morgan fingerprint density at radius 3 is 2.23 bits per heavy atom. The van der Waals surface area contributed by atoms with E-state index in [4.69, 9.17) is 11.6 Å². The molecule has 0 aromatic heterocycles. The normalized spacial score (nSPS) is 18.2. The molecule has 0 saturated carbocycles. The van der Waals surface area contributed by atoms with Crippen LogP contribution >= 0.6 is 11.6 Å². The topological polar surface area (TPSA) is 69.7 Å². The Bertz CT molecular complexity index is 1010. The number of nitrogens with zero attached hydrogens (tertiary/aromatic N) is 2. The molecule has 0 atom stereocenters. The van der Waals surface area contributed by atoms with Gasteiger partial charge in [0.2, 0.25) is 10.0 Å². The van der Waals surface area contributed by atoms with Crippen molar-refractivity contribution < 1.29 is 13.2 Å². The second kappa shape index (κ2) is 9.59. The number of benzene rings is 2. The minimum Gasteiger partial charge on any atom is -0.371 e. The zero-order valence-corrected chi connectivity index (χ0v) is 19.0. The van der Waals surface area contributed by atoms with Gasteiger partial charge in [0.05, 0.1) is 10.5 Å². The largest absolute Gasteiger partial charge is 0.371 e. The average molecular weight is 462 g/mol. The lowest BCUT2D eigenvalue weighted by molar-refractivity contribution is 0.0725. The molecule has 2 aliphatic rings. The van der Waals surface area contributed by atoms with Crippen LogP contribution < -0.4 is 9.62 Å². The summed E-state index contributed by atoms with van der Waals surface area (Å²) in [7, 11) is -3.58. The van der Waals surface area contributed by atoms with E-state index in [1.165, 1.54) is 18.6 Å².